The number of carbonyl (C=O) groups is 2. The Morgan fingerprint density at radius 2 is 2.00 bits per heavy atom. The fourth-order valence-electron chi connectivity index (χ4n) is 2.90. The van der Waals surface area contributed by atoms with Gasteiger partial charge in [0.25, 0.3) is 0 Å². The minimum absolute atomic E-state index is 0.00745. The number of nitrogens with zero attached hydrogens (tertiary/aromatic N) is 1. The zero-order valence-electron chi connectivity index (χ0n) is 10.8. The molecule has 1 aliphatic carbocycles. The maximum absolute atomic E-state index is 12.4. The lowest BCUT2D eigenvalue weighted by Crippen LogP contribution is -2.62. The van der Waals surface area contributed by atoms with Gasteiger partial charge < -0.3 is 10.2 Å². The molecule has 0 bridgehead atoms. The summed E-state index contributed by atoms with van der Waals surface area (Å²) >= 11 is 0. The van der Waals surface area contributed by atoms with Crippen LogP contribution in [-0.2, 0) is 9.59 Å². The summed E-state index contributed by atoms with van der Waals surface area (Å²) in [6, 6.07) is -0.669. The molecule has 1 N–H and O–H groups in total. The maximum atomic E-state index is 12.4. The number of hydrogen-bond donors (Lipinski definition) is 1. The lowest BCUT2D eigenvalue weighted by atomic mass is 9.82. The second-order valence-corrected chi connectivity index (χ2v) is 5.25. The van der Waals surface area contributed by atoms with Gasteiger partial charge in [0.15, 0.2) is 0 Å². The van der Waals surface area contributed by atoms with Crippen LogP contribution in [0.3, 0.4) is 0 Å². The van der Waals surface area contributed by atoms with E-state index in [9.17, 15) is 9.59 Å². The van der Waals surface area contributed by atoms with Gasteiger partial charge >= 0.3 is 0 Å². The molecule has 0 aromatic heterocycles. The number of terminal acetylenes is 1. The summed E-state index contributed by atoms with van der Waals surface area (Å²) in [6.45, 7) is 1.88. The van der Waals surface area contributed by atoms with E-state index < -0.39 is 0 Å². The van der Waals surface area contributed by atoms with Crippen molar-refractivity contribution in [2.45, 2.75) is 51.1 Å². The second kappa shape index (κ2) is 5.43. The Hall–Kier alpha value is -1.50. The molecule has 1 saturated carbocycles. The van der Waals surface area contributed by atoms with E-state index in [0.29, 0.717) is 0 Å². The van der Waals surface area contributed by atoms with Crippen LogP contribution in [0.4, 0.5) is 0 Å². The van der Waals surface area contributed by atoms with E-state index >= 15 is 0 Å². The summed E-state index contributed by atoms with van der Waals surface area (Å²) in [4.78, 5) is 25.6. The lowest BCUT2D eigenvalue weighted by Gasteiger charge is -2.39. The van der Waals surface area contributed by atoms with Gasteiger partial charge in [-0.15, -0.1) is 6.42 Å². The first kappa shape index (κ1) is 12.9. The van der Waals surface area contributed by atoms with Crippen LogP contribution < -0.4 is 5.32 Å². The van der Waals surface area contributed by atoms with Gasteiger partial charge in [-0.05, 0) is 25.7 Å². The zero-order valence-corrected chi connectivity index (χ0v) is 10.8. The minimum Gasteiger partial charge on any atom is -0.342 e. The number of piperazine rings is 1. The van der Waals surface area contributed by atoms with E-state index in [1.807, 2.05) is 0 Å². The Morgan fingerprint density at radius 3 is 2.61 bits per heavy atom. The molecule has 18 heavy (non-hydrogen) atoms. The van der Waals surface area contributed by atoms with Crippen LogP contribution in [0.5, 0.6) is 0 Å². The molecule has 2 atom stereocenters. The quantitative estimate of drug-likeness (QED) is 0.739. The monoisotopic (exact) mass is 248 g/mol. The van der Waals surface area contributed by atoms with Crippen LogP contribution in [-0.4, -0.2) is 35.3 Å². The molecule has 1 heterocycles. The third-order valence-corrected chi connectivity index (χ3v) is 4.01. The third kappa shape index (κ3) is 2.50. The van der Waals surface area contributed by atoms with Gasteiger partial charge in [0.2, 0.25) is 11.8 Å². The van der Waals surface area contributed by atoms with E-state index in [2.05, 4.69) is 11.2 Å². The summed E-state index contributed by atoms with van der Waals surface area (Å²) in [7, 11) is 0. The molecule has 0 aromatic rings. The first-order valence-corrected chi connectivity index (χ1v) is 6.69. The molecular formula is C14H20N2O2. The van der Waals surface area contributed by atoms with Crippen molar-refractivity contribution < 1.29 is 9.59 Å². The number of carbonyl (C=O) groups excluding carboxylic acids is 2. The number of hydrogen-bond acceptors (Lipinski definition) is 2. The summed E-state index contributed by atoms with van der Waals surface area (Å²) in [5.74, 6) is 2.72. The van der Waals surface area contributed by atoms with Gasteiger partial charge in [-0.1, -0.05) is 25.2 Å². The Morgan fingerprint density at radius 1 is 1.33 bits per heavy atom. The molecule has 1 saturated heterocycles. The number of amides is 2. The Bertz CT molecular complexity index is 380. The molecule has 2 rings (SSSR count). The summed E-state index contributed by atoms with van der Waals surface area (Å²) in [5, 5.41) is 2.85. The van der Waals surface area contributed by atoms with E-state index in [1.54, 1.807) is 6.92 Å². The Labute approximate surface area is 108 Å². The van der Waals surface area contributed by atoms with E-state index in [1.165, 1.54) is 11.3 Å². The van der Waals surface area contributed by atoms with Crippen LogP contribution in [0, 0.1) is 18.3 Å². The van der Waals surface area contributed by atoms with E-state index in [-0.39, 0.29) is 36.4 Å². The molecular weight excluding hydrogens is 228 g/mol. The summed E-state index contributed by atoms with van der Waals surface area (Å²) in [5.41, 5.74) is 0. The molecule has 4 heteroatoms. The highest BCUT2D eigenvalue weighted by atomic mass is 16.2. The van der Waals surface area contributed by atoms with Crippen molar-refractivity contribution in [2.75, 3.05) is 6.54 Å². The zero-order chi connectivity index (χ0) is 13.1. The van der Waals surface area contributed by atoms with Crippen molar-refractivity contribution in [2.24, 2.45) is 5.92 Å². The third-order valence-electron chi connectivity index (χ3n) is 4.01. The van der Waals surface area contributed by atoms with Crippen molar-refractivity contribution in [3.8, 4) is 12.3 Å². The van der Waals surface area contributed by atoms with Gasteiger partial charge in [0.05, 0.1) is 6.04 Å². The predicted molar refractivity (Wildman–Crippen MR) is 68.5 cm³/mol. The number of nitrogens with one attached hydrogen (secondary N) is 1. The molecule has 2 unspecified atom stereocenters. The molecule has 0 aromatic carbocycles. The molecule has 2 aliphatic rings. The molecule has 2 fully saturated rings. The van der Waals surface area contributed by atoms with Gasteiger partial charge in [-0.2, -0.15) is 0 Å². The van der Waals surface area contributed by atoms with Crippen molar-refractivity contribution in [3.63, 3.8) is 0 Å². The molecule has 1 aliphatic heterocycles. The second-order valence-electron chi connectivity index (χ2n) is 5.25. The molecule has 98 valence electrons. The topological polar surface area (TPSA) is 49.4 Å². The Kier molecular flexibility index (Phi) is 3.90. The fourth-order valence-corrected chi connectivity index (χ4v) is 2.90. The summed E-state index contributed by atoms with van der Waals surface area (Å²) < 4.78 is 0. The molecule has 0 radical (unpaired) electrons. The standard InChI is InChI=1S/C14H20N2O2/c1-3-10(2)16-9-12(17)15-13(14(16)18)11-7-5-4-6-8-11/h1,10-11,13H,4-9H2,2H3,(H,15,17). The highest BCUT2D eigenvalue weighted by molar-refractivity contribution is 5.95. The number of rotatable bonds is 2. The van der Waals surface area contributed by atoms with Crippen molar-refractivity contribution >= 4 is 11.8 Å². The van der Waals surface area contributed by atoms with Crippen molar-refractivity contribution in [1.82, 2.24) is 10.2 Å². The molecule has 0 spiro atoms. The van der Waals surface area contributed by atoms with Gasteiger partial charge in [-0.25, -0.2) is 0 Å². The smallest absolute Gasteiger partial charge is 0.246 e. The maximum Gasteiger partial charge on any atom is 0.246 e. The van der Waals surface area contributed by atoms with Crippen molar-refractivity contribution in [3.05, 3.63) is 0 Å². The van der Waals surface area contributed by atoms with E-state index in [0.717, 1.165) is 25.7 Å². The first-order chi connectivity index (χ1) is 8.63. The van der Waals surface area contributed by atoms with E-state index in [4.69, 9.17) is 6.42 Å². The minimum atomic E-state index is -0.359. The molecule has 2 amide bonds. The van der Waals surface area contributed by atoms with Crippen LogP contribution in [0.2, 0.25) is 0 Å². The highest BCUT2D eigenvalue weighted by Gasteiger charge is 2.39. The first-order valence-electron chi connectivity index (χ1n) is 6.69. The molecule has 4 nitrogen and oxygen atoms in total. The highest BCUT2D eigenvalue weighted by Crippen LogP contribution is 2.28. The predicted octanol–water partition coefficient (Wildman–Crippen LogP) is 0.915. The lowest BCUT2D eigenvalue weighted by molar-refractivity contribution is -0.147. The van der Waals surface area contributed by atoms with Crippen LogP contribution in [0.25, 0.3) is 0 Å². The fraction of sp³-hybridized carbons (Fsp3) is 0.714. The van der Waals surface area contributed by atoms with Crippen LogP contribution >= 0.6 is 0 Å². The van der Waals surface area contributed by atoms with Crippen LogP contribution in [0.15, 0.2) is 0 Å². The van der Waals surface area contributed by atoms with Crippen molar-refractivity contribution in [1.29, 1.82) is 0 Å². The van der Waals surface area contributed by atoms with Gasteiger partial charge in [-0.3, -0.25) is 9.59 Å². The van der Waals surface area contributed by atoms with Crippen LogP contribution in [0.1, 0.15) is 39.0 Å². The van der Waals surface area contributed by atoms with Gasteiger partial charge in [0.1, 0.15) is 12.6 Å². The largest absolute Gasteiger partial charge is 0.342 e. The average Bonchev–Trinajstić information content (AvgIpc) is 2.41. The average molecular weight is 248 g/mol. The normalized spacial score (nSPS) is 27.6. The summed E-state index contributed by atoms with van der Waals surface area (Å²) in [6.07, 6.45) is 10.9. The Balaban J connectivity index is 2.12. The SMILES string of the molecule is C#CC(C)N1CC(=O)NC(C2CCCCC2)C1=O. The van der Waals surface area contributed by atoms with Gasteiger partial charge in [0, 0.05) is 0 Å².